The minimum absolute atomic E-state index is 0.0555. The molecule has 0 saturated carbocycles. The monoisotopic (exact) mass is 310 g/mol. The lowest BCUT2D eigenvalue weighted by Crippen LogP contribution is -2.12. The van der Waals surface area contributed by atoms with Gasteiger partial charge in [-0.05, 0) is 41.5 Å². The van der Waals surface area contributed by atoms with Gasteiger partial charge in [0.25, 0.3) is 5.91 Å². The van der Waals surface area contributed by atoms with Gasteiger partial charge >= 0.3 is 5.97 Å². The predicted molar refractivity (Wildman–Crippen MR) is 84.5 cm³/mol. The molecule has 6 heteroatoms. The molecule has 23 heavy (non-hydrogen) atoms. The number of carboxylic acid groups (broad SMARTS) is 1. The molecule has 0 aromatic heterocycles. The second kappa shape index (κ2) is 5.92. The molecule has 1 aliphatic heterocycles. The predicted octanol–water partition coefficient (Wildman–Crippen LogP) is 2.06. The van der Waals surface area contributed by atoms with E-state index in [-0.39, 0.29) is 24.7 Å². The Morgan fingerprint density at radius 2 is 1.87 bits per heavy atom. The SMILES string of the molecule is O=C(O)Cc1ccc(NC(=O)c2ccc3c(c2)CC(=O)N3)cc1. The number of nitrogens with one attached hydrogen (secondary N) is 2. The van der Waals surface area contributed by atoms with Crippen LogP contribution in [-0.4, -0.2) is 22.9 Å². The van der Waals surface area contributed by atoms with Crippen LogP contribution in [0.3, 0.4) is 0 Å². The number of carbonyl (C=O) groups is 3. The van der Waals surface area contributed by atoms with Crippen molar-refractivity contribution in [2.24, 2.45) is 0 Å². The minimum Gasteiger partial charge on any atom is -0.481 e. The number of anilines is 2. The zero-order valence-electron chi connectivity index (χ0n) is 12.1. The van der Waals surface area contributed by atoms with Crippen LogP contribution in [0.5, 0.6) is 0 Å². The van der Waals surface area contributed by atoms with Crippen LogP contribution in [0.2, 0.25) is 0 Å². The third-order valence-corrected chi connectivity index (χ3v) is 3.56. The van der Waals surface area contributed by atoms with Crippen molar-refractivity contribution in [3.05, 3.63) is 59.2 Å². The first-order valence-electron chi connectivity index (χ1n) is 7.06. The fraction of sp³-hybridized carbons (Fsp3) is 0.118. The van der Waals surface area contributed by atoms with Gasteiger partial charge in [-0.3, -0.25) is 14.4 Å². The molecule has 3 N–H and O–H groups in total. The standard InChI is InChI=1S/C17H14N2O4/c20-15-9-12-8-11(3-6-14(12)19-15)17(23)18-13-4-1-10(2-5-13)7-16(21)22/h1-6,8H,7,9H2,(H,18,23)(H,19,20)(H,21,22). The van der Waals surface area contributed by atoms with E-state index in [0.29, 0.717) is 16.8 Å². The molecule has 2 aromatic carbocycles. The third-order valence-electron chi connectivity index (χ3n) is 3.56. The highest BCUT2D eigenvalue weighted by Crippen LogP contribution is 2.24. The molecule has 0 atom stereocenters. The van der Waals surface area contributed by atoms with Crippen LogP contribution in [-0.2, 0) is 22.4 Å². The molecular formula is C17H14N2O4. The molecule has 1 heterocycles. The Balaban J connectivity index is 1.71. The van der Waals surface area contributed by atoms with E-state index in [2.05, 4.69) is 10.6 Å². The van der Waals surface area contributed by atoms with E-state index < -0.39 is 5.97 Å². The molecule has 116 valence electrons. The van der Waals surface area contributed by atoms with E-state index in [0.717, 1.165) is 11.3 Å². The van der Waals surface area contributed by atoms with Gasteiger partial charge < -0.3 is 15.7 Å². The number of aliphatic carboxylic acids is 1. The summed E-state index contributed by atoms with van der Waals surface area (Å²) in [4.78, 5) is 34.2. The third kappa shape index (κ3) is 3.37. The average Bonchev–Trinajstić information content (AvgIpc) is 2.87. The summed E-state index contributed by atoms with van der Waals surface area (Å²) in [6, 6.07) is 11.7. The lowest BCUT2D eigenvalue weighted by atomic mass is 10.1. The van der Waals surface area contributed by atoms with Gasteiger partial charge in [-0.1, -0.05) is 12.1 Å². The van der Waals surface area contributed by atoms with Crippen molar-refractivity contribution in [3.63, 3.8) is 0 Å². The lowest BCUT2D eigenvalue weighted by Gasteiger charge is -2.07. The molecule has 3 rings (SSSR count). The molecule has 0 fully saturated rings. The topological polar surface area (TPSA) is 95.5 Å². The van der Waals surface area contributed by atoms with Crippen molar-refractivity contribution in [1.82, 2.24) is 0 Å². The molecule has 0 unspecified atom stereocenters. The molecule has 2 amide bonds. The number of amides is 2. The van der Waals surface area contributed by atoms with E-state index in [1.165, 1.54) is 0 Å². The minimum atomic E-state index is -0.900. The normalized spacial score (nSPS) is 12.4. The van der Waals surface area contributed by atoms with Crippen molar-refractivity contribution in [3.8, 4) is 0 Å². The zero-order chi connectivity index (χ0) is 16.4. The summed E-state index contributed by atoms with van der Waals surface area (Å²) < 4.78 is 0. The molecule has 6 nitrogen and oxygen atoms in total. The number of carbonyl (C=O) groups excluding carboxylic acids is 2. The maximum Gasteiger partial charge on any atom is 0.307 e. The Morgan fingerprint density at radius 3 is 2.57 bits per heavy atom. The lowest BCUT2D eigenvalue weighted by molar-refractivity contribution is -0.136. The largest absolute Gasteiger partial charge is 0.481 e. The summed E-state index contributed by atoms with van der Waals surface area (Å²) in [5.41, 5.74) is 3.26. The van der Waals surface area contributed by atoms with Gasteiger partial charge in [0, 0.05) is 16.9 Å². The first-order chi connectivity index (χ1) is 11.0. The Bertz CT molecular complexity index is 797. The van der Waals surface area contributed by atoms with Crippen LogP contribution in [0.1, 0.15) is 21.5 Å². The number of rotatable bonds is 4. The zero-order valence-corrected chi connectivity index (χ0v) is 12.1. The summed E-state index contributed by atoms with van der Waals surface area (Å²) in [7, 11) is 0. The average molecular weight is 310 g/mol. The second-order valence-corrected chi connectivity index (χ2v) is 5.32. The molecule has 0 saturated heterocycles. The van der Waals surface area contributed by atoms with Crippen molar-refractivity contribution in [1.29, 1.82) is 0 Å². The van der Waals surface area contributed by atoms with Crippen LogP contribution >= 0.6 is 0 Å². The molecule has 2 aromatic rings. The van der Waals surface area contributed by atoms with Gasteiger partial charge in [0.1, 0.15) is 0 Å². The highest BCUT2D eigenvalue weighted by atomic mass is 16.4. The molecule has 0 radical (unpaired) electrons. The summed E-state index contributed by atoms with van der Waals surface area (Å²) >= 11 is 0. The number of hydrogen-bond acceptors (Lipinski definition) is 3. The van der Waals surface area contributed by atoms with Crippen LogP contribution in [0.4, 0.5) is 11.4 Å². The van der Waals surface area contributed by atoms with E-state index in [1.54, 1.807) is 42.5 Å². The number of benzene rings is 2. The van der Waals surface area contributed by atoms with Gasteiger partial charge in [0.2, 0.25) is 5.91 Å². The summed E-state index contributed by atoms with van der Waals surface area (Å²) in [6.45, 7) is 0. The summed E-state index contributed by atoms with van der Waals surface area (Å²) in [6.07, 6.45) is 0.223. The van der Waals surface area contributed by atoms with Crippen molar-refractivity contribution in [2.45, 2.75) is 12.8 Å². The molecular weight excluding hydrogens is 296 g/mol. The fourth-order valence-corrected chi connectivity index (χ4v) is 2.45. The van der Waals surface area contributed by atoms with Gasteiger partial charge in [0.15, 0.2) is 0 Å². The Labute approximate surface area is 132 Å². The fourth-order valence-electron chi connectivity index (χ4n) is 2.45. The van der Waals surface area contributed by atoms with Gasteiger partial charge in [-0.25, -0.2) is 0 Å². The maximum absolute atomic E-state index is 12.2. The number of fused-ring (bicyclic) bond motifs is 1. The smallest absolute Gasteiger partial charge is 0.307 e. The maximum atomic E-state index is 12.2. The van der Waals surface area contributed by atoms with E-state index in [1.807, 2.05) is 0 Å². The van der Waals surface area contributed by atoms with Gasteiger partial charge in [-0.2, -0.15) is 0 Å². The second-order valence-electron chi connectivity index (χ2n) is 5.32. The number of carboxylic acids is 1. The van der Waals surface area contributed by atoms with Crippen molar-refractivity contribution < 1.29 is 19.5 Å². The van der Waals surface area contributed by atoms with Crippen LogP contribution in [0.25, 0.3) is 0 Å². The van der Waals surface area contributed by atoms with Crippen molar-refractivity contribution in [2.75, 3.05) is 10.6 Å². The Hall–Kier alpha value is -3.15. The van der Waals surface area contributed by atoms with E-state index in [9.17, 15) is 14.4 Å². The van der Waals surface area contributed by atoms with Crippen LogP contribution in [0, 0.1) is 0 Å². The van der Waals surface area contributed by atoms with E-state index in [4.69, 9.17) is 5.11 Å². The summed E-state index contributed by atoms with van der Waals surface area (Å²) in [5.74, 6) is -1.26. The Kier molecular flexibility index (Phi) is 3.80. The molecule has 0 spiro atoms. The highest BCUT2D eigenvalue weighted by molar-refractivity contribution is 6.06. The molecule has 0 aliphatic carbocycles. The first-order valence-corrected chi connectivity index (χ1v) is 7.06. The first kappa shape index (κ1) is 14.8. The molecule has 1 aliphatic rings. The Morgan fingerprint density at radius 1 is 1.13 bits per heavy atom. The highest BCUT2D eigenvalue weighted by Gasteiger charge is 2.19. The molecule has 0 bridgehead atoms. The van der Waals surface area contributed by atoms with Crippen molar-refractivity contribution >= 4 is 29.2 Å². The van der Waals surface area contributed by atoms with Crippen LogP contribution < -0.4 is 10.6 Å². The van der Waals surface area contributed by atoms with Gasteiger partial charge in [-0.15, -0.1) is 0 Å². The summed E-state index contributed by atoms with van der Waals surface area (Å²) in [5, 5.41) is 14.2. The van der Waals surface area contributed by atoms with Gasteiger partial charge in [0.05, 0.1) is 12.8 Å². The quantitative estimate of drug-likeness (QED) is 0.805. The van der Waals surface area contributed by atoms with E-state index >= 15 is 0 Å². The van der Waals surface area contributed by atoms with Crippen LogP contribution in [0.15, 0.2) is 42.5 Å². The number of hydrogen-bond donors (Lipinski definition) is 3.